The molecule has 2 aromatic rings. The molecule has 0 saturated carbocycles. The van der Waals surface area contributed by atoms with Crippen molar-refractivity contribution in [2.24, 2.45) is 0 Å². The van der Waals surface area contributed by atoms with Crippen molar-refractivity contribution in [3.8, 4) is 11.5 Å². The van der Waals surface area contributed by atoms with Crippen molar-refractivity contribution in [3.05, 3.63) is 36.4 Å². The largest absolute Gasteiger partial charge is 0.497 e. The van der Waals surface area contributed by atoms with Crippen LogP contribution in [-0.4, -0.2) is 26.7 Å². The van der Waals surface area contributed by atoms with Crippen LogP contribution in [-0.2, 0) is 4.79 Å². The standard InChI is InChI=1S/C14H15NO3/c1-15-14(16)9-18-13-6-4-10-3-5-12(17-2)7-11(10)8-13/h3-8H,9H2,1-2H3,(H,15,16). The van der Waals surface area contributed by atoms with Crippen LogP contribution in [0.5, 0.6) is 11.5 Å². The lowest BCUT2D eigenvalue weighted by Gasteiger charge is -2.07. The van der Waals surface area contributed by atoms with Gasteiger partial charge >= 0.3 is 0 Å². The lowest BCUT2D eigenvalue weighted by molar-refractivity contribution is -0.122. The molecule has 18 heavy (non-hydrogen) atoms. The normalized spacial score (nSPS) is 10.1. The number of amides is 1. The number of fused-ring (bicyclic) bond motifs is 1. The van der Waals surface area contributed by atoms with Crippen LogP contribution in [0.2, 0.25) is 0 Å². The molecule has 0 heterocycles. The first-order valence-corrected chi connectivity index (χ1v) is 5.64. The van der Waals surface area contributed by atoms with E-state index in [0.717, 1.165) is 16.5 Å². The van der Waals surface area contributed by atoms with Gasteiger partial charge in [0.2, 0.25) is 0 Å². The SMILES string of the molecule is CNC(=O)COc1ccc2ccc(OC)cc2c1. The van der Waals surface area contributed by atoms with Crippen LogP contribution >= 0.6 is 0 Å². The second-order valence-corrected chi connectivity index (χ2v) is 3.84. The Bertz CT molecular complexity index is 566. The average molecular weight is 245 g/mol. The van der Waals surface area contributed by atoms with Crippen molar-refractivity contribution in [3.63, 3.8) is 0 Å². The van der Waals surface area contributed by atoms with Gasteiger partial charge < -0.3 is 14.8 Å². The van der Waals surface area contributed by atoms with E-state index in [1.165, 1.54) is 0 Å². The molecule has 2 rings (SSSR count). The van der Waals surface area contributed by atoms with E-state index in [1.807, 2.05) is 36.4 Å². The van der Waals surface area contributed by atoms with E-state index in [9.17, 15) is 4.79 Å². The Kier molecular flexibility index (Phi) is 3.67. The van der Waals surface area contributed by atoms with E-state index in [0.29, 0.717) is 5.75 Å². The minimum Gasteiger partial charge on any atom is -0.497 e. The number of benzene rings is 2. The lowest BCUT2D eigenvalue weighted by Crippen LogP contribution is -2.24. The van der Waals surface area contributed by atoms with E-state index >= 15 is 0 Å². The van der Waals surface area contributed by atoms with Crippen LogP contribution in [0.3, 0.4) is 0 Å². The second-order valence-electron chi connectivity index (χ2n) is 3.84. The highest BCUT2D eigenvalue weighted by Crippen LogP contribution is 2.24. The fourth-order valence-electron chi connectivity index (χ4n) is 1.64. The van der Waals surface area contributed by atoms with Gasteiger partial charge in [0.1, 0.15) is 11.5 Å². The van der Waals surface area contributed by atoms with Gasteiger partial charge in [0.25, 0.3) is 5.91 Å². The summed E-state index contributed by atoms with van der Waals surface area (Å²) in [5, 5.41) is 4.62. The average Bonchev–Trinajstić information content (AvgIpc) is 2.43. The van der Waals surface area contributed by atoms with Gasteiger partial charge in [-0.25, -0.2) is 0 Å². The molecular formula is C14H15NO3. The van der Waals surface area contributed by atoms with E-state index < -0.39 is 0 Å². The Morgan fingerprint density at radius 1 is 1.11 bits per heavy atom. The fraction of sp³-hybridized carbons (Fsp3) is 0.214. The van der Waals surface area contributed by atoms with Crippen molar-refractivity contribution in [2.45, 2.75) is 0 Å². The van der Waals surface area contributed by atoms with Gasteiger partial charge in [0.15, 0.2) is 6.61 Å². The van der Waals surface area contributed by atoms with Crippen molar-refractivity contribution >= 4 is 16.7 Å². The molecule has 0 aromatic heterocycles. The molecule has 0 fully saturated rings. The molecule has 0 saturated heterocycles. The predicted octanol–water partition coefficient (Wildman–Crippen LogP) is 1.97. The first-order chi connectivity index (χ1) is 8.72. The van der Waals surface area contributed by atoms with Crippen LogP contribution in [0, 0.1) is 0 Å². The van der Waals surface area contributed by atoms with Gasteiger partial charge in [-0.2, -0.15) is 0 Å². The summed E-state index contributed by atoms with van der Waals surface area (Å²) in [5.74, 6) is 1.31. The first-order valence-electron chi connectivity index (χ1n) is 5.64. The highest BCUT2D eigenvalue weighted by molar-refractivity contribution is 5.85. The maximum absolute atomic E-state index is 11.1. The molecule has 1 N–H and O–H groups in total. The number of hydrogen-bond acceptors (Lipinski definition) is 3. The van der Waals surface area contributed by atoms with Gasteiger partial charge in [0.05, 0.1) is 7.11 Å². The lowest BCUT2D eigenvalue weighted by atomic mass is 10.1. The van der Waals surface area contributed by atoms with Crippen LogP contribution < -0.4 is 14.8 Å². The molecule has 0 bridgehead atoms. The summed E-state index contributed by atoms with van der Waals surface area (Å²) < 4.78 is 10.6. The third kappa shape index (κ3) is 2.71. The Labute approximate surface area is 106 Å². The molecule has 94 valence electrons. The molecule has 0 spiro atoms. The molecule has 4 heteroatoms. The first kappa shape index (κ1) is 12.2. The monoisotopic (exact) mass is 245 g/mol. The summed E-state index contributed by atoms with van der Waals surface area (Å²) in [4.78, 5) is 11.1. The third-order valence-corrected chi connectivity index (χ3v) is 2.67. The van der Waals surface area contributed by atoms with Crippen molar-refractivity contribution < 1.29 is 14.3 Å². The fourth-order valence-corrected chi connectivity index (χ4v) is 1.64. The van der Waals surface area contributed by atoms with Crippen molar-refractivity contribution in [2.75, 3.05) is 20.8 Å². The Hall–Kier alpha value is -2.23. The van der Waals surface area contributed by atoms with Crippen LogP contribution in [0.1, 0.15) is 0 Å². The summed E-state index contributed by atoms with van der Waals surface area (Å²) in [7, 11) is 3.21. The highest BCUT2D eigenvalue weighted by atomic mass is 16.5. The summed E-state index contributed by atoms with van der Waals surface area (Å²) in [6.45, 7) is 0.0198. The number of methoxy groups -OCH3 is 1. The topological polar surface area (TPSA) is 47.6 Å². The summed E-state index contributed by atoms with van der Waals surface area (Å²) in [6.07, 6.45) is 0. The summed E-state index contributed by atoms with van der Waals surface area (Å²) in [5.41, 5.74) is 0. The van der Waals surface area contributed by atoms with Crippen molar-refractivity contribution in [1.29, 1.82) is 0 Å². The molecule has 1 amide bonds. The number of carbonyl (C=O) groups is 1. The van der Waals surface area contributed by atoms with Gasteiger partial charge in [-0.15, -0.1) is 0 Å². The number of ether oxygens (including phenoxy) is 2. The Morgan fingerprint density at radius 3 is 2.44 bits per heavy atom. The second kappa shape index (κ2) is 5.40. The molecule has 0 radical (unpaired) electrons. The zero-order valence-electron chi connectivity index (χ0n) is 10.4. The van der Waals surface area contributed by atoms with E-state index in [2.05, 4.69) is 5.32 Å². The molecule has 0 atom stereocenters. The zero-order chi connectivity index (χ0) is 13.0. The molecular weight excluding hydrogens is 230 g/mol. The number of hydrogen-bond donors (Lipinski definition) is 1. The Morgan fingerprint density at radius 2 is 1.78 bits per heavy atom. The van der Waals surface area contributed by atoms with E-state index in [-0.39, 0.29) is 12.5 Å². The maximum Gasteiger partial charge on any atom is 0.257 e. The van der Waals surface area contributed by atoms with Crippen LogP contribution in [0.15, 0.2) is 36.4 Å². The molecule has 0 aliphatic rings. The minimum absolute atomic E-state index is 0.0198. The predicted molar refractivity (Wildman–Crippen MR) is 70.1 cm³/mol. The van der Waals surface area contributed by atoms with Gasteiger partial charge in [0, 0.05) is 7.05 Å². The number of rotatable bonds is 4. The van der Waals surface area contributed by atoms with E-state index in [1.54, 1.807) is 14.2 Å². The van der Waals surface area contributed by atoms with Crippen molar-refractivity contribution in [1.82, 2.24) is 5.32 Å². The zero-order valence-corrected chi connectivity index (χ0v) is 10.4. The summed E-state index contributed by atoms with van der Waals surface area (Å²) >= 11 is 0. The molecule has 4 nitrogen and oxygen atoms in total. The molecule has 0 unspecified atom stereocenters. The van der Waals surface area contributed by atoms with Gasteiger partial charge in [-0.05, 0) is 35.0 Å². The highest BCUT2D eigenvalue weighted by Gasteiger charge is 2.02. The van der Waals surface area contributed by atoms with Crippen LogP contribution in [0.25, 0.3) is 10.8 Å². The molecule has 2 aromatic carbocycles. The Balaban J connectivity index is 2.22. The number of carbonyl (C=O) groups excluding carboxylic acids is 1. The third-order valence-electron chi connectivity index (χ3n) is 2.67. The maximum atomic E-state index is 11.1. The van der Waals surface area contributed by atoms with Gasteiger partial charge in [-0.1, -0.05) is 12.1 Å². The summed E-state index contributed by atoms with van der Waals surface area (Å²) in [6, 6.07) is 11.5. The van der Waals surface area contributed by atoms with E-state index in [4.69, 9.17) is 9.47 Å². The number of nitrogens with one attached hydrogen (secondary N) is 1. The van der Waals surface area contributed by atoms with Crippen LogP contribution in [0.4, 0.5) is 0 Å². The molecule has 0 aliphatic carbocycles. The van der Waals surface area contributed by atoms with Gasteiger partial charge in [-0.3, -0.25) is 4.79 Å². The quantitative estimate of drug-likeness (QED) is 0.895. The number of likely N-dealkylation sites (N-methyl/N-ethyl adjacent to an activating group) is 1. The minimum atomic E-state index is -0.152. The smallest absolute Gasteiger partial charge is 0.257 e. The molecule has 0 aliphatic heterocycles.